The summed E-state index contributed by atoms with van der Waals surface area (Å²) in [5.41, 5.74) is 0.920. The smallest absolute Gasteiger partial charge is 0.238 e. The molecule has 1 aromatic carbocycles. The molecule has 0 aliphatic heterocycles. The number of rotatable bonds is 4. The van der Waals surface area contributed by atoms with Crippen molar-refractivity contribution in [3.63, 3.8) is 0 Å². The van der Waals surface area contributed by atoms with Crippen LogP contribution in [0.5, 0.6) is 0 Å². The summed E-state index contributed by atoms with van der Waals surface area (Å²) in [4.78, 5) is 6.88. The molecule has 19 heavy (non-hydrogen) atoms. The minimum atomic E-state index is -3.64. The fourth-order valence-corrected chi connectivity index (χ4v) is 2.15. The standard InChI is InChI=1S/C11H12N4O2S2/c12-19(16,17)9-3-1-8(2-4-9)6-13-10-5-11(18)15-7-14-10/h1-5,7H,6H2,(H2,12,16,17)(H2,13,14,15,18). The van der Waals surface area contributed by atoms with E-state index in [9.17, 15) is 8.42 Å². The lowest BCUT2D eigenvalue weighted by Gasteiger charge is -2.06. The largest absolute Gasteiger partial charge is 0.367 e. The van der Waals surface area contributed by atoms with Gasteiger partial charge in [-0.2, -0.15) is 0 Å². The zero-order valence-electron chi connectivity index (χ0n) is 9.83. The van der Waals surface area contributed by atoms with E-state index in [0.29, 0.717) is 11.2 Å². The highest BCUT2D eigenvalue weighted by Crippen LogP contribution is 2.10. The van der Waals surface area contributed by atoms with Crippen LogP contribution in [0.2, 0.25) is 0 Å². The summed E-state index contributed by atoms with van der Waals surface area (Å²) < 4.78 is 22.7. The zero-order chi connectivity index (χ0) is 13.9. The summed E-state index contributed by atoms with van der Waals surface area (Å²) in [7, 11) is -3.64. The van der Waals surface area contributed by atoms with Gasteiger partial charge in [-0.25, -0.2) is 18.5 Å². The fourth-order valence-electron chi connectivity index (χ4n) is 1.46. The number of sulfonamides is 1. The van der Waals surface area contributed by atoms with Crippen LogP contribution < -0.4 is 10.5 Å². The zero-order valence-corrected chi connectivity index (χ0v) is 11.5. The molecule has 0 aliphatic rings. The number of anilines is 1. The van der Waals surface area contributed by atoms with Crippen LogP contribution >= 0.6 is 12.2 Å². The van der Waals surface area contributed by atoms with Gasteiger partial charge in [0, 0.05) is 12.6 Å². The van der Waals surface area contributed by atoms with Crippen LogP contribution in [0.4, 0.5) is 5.82 Å². The highest BCUT2D eigenvalue weighted by molar-refractivity contribution is 7.89. The minimum absolute atomic E-state index is 0.0968. The average Bonchev–Trinajstić information content (AvgIpc) is 2.36. The molecule has 0 bridgehead atoms. The summed E-state index contributed by atoms with van der Waals surface area (Å²) >= 11 is 4.94. The normalized spacial score (nSPS) is 11.2. The van der Waals surface area contributed by atoms with E-state index in [0.717, 1.165) is 11.4 Å². The number of hydrogen-bond donors (Lipinski definition) is 3. The van der Waals surface area contributed by atoms with Gasteiger partial charge in [0.05, 0.1) is 11.2 Å². The van der Waals surface area contributed by atoms with Crippen LogP contribution in [0.1, 0.15) is 5.56 Å². The van der Waals surface area contributed by atoms with Crippen molar-refractivity contribution in [2.45, 2.75) is 11.4 Å². The van der Waals surface area contributed by atoms with Crippen LogP contribution in [0.25, 0.3) is 0 Å². The summed E-state index contributed by atoms with van der Waals surface area (Å²) in [6.45, 7) is 0.528. The van der Waals surface area contributed by atoms with Crippen LogP contribution in [0.15, 0.2) is 41.6 Å². The molecule has 2 aromatic rings. The first-order valence-corrected chi connectivity index (χ1v) is 7.31. The van der Waals surface area contributed by atoms with Crippen LogP contribution in [-0.2, 0) is 16.6 Å². The lowest BCUT2D eigenvalue weighted by Crippen LogP contribution is -2.12. The van der Waals surface area contributed by atoms with Crippen LogP contribution in [-0.4, -0.2) is 18.4 Å². The summed E-state index contributed by atoms with van der Waals surface area (Å²) in [6, 6.07) is 8.04. The van der Waals surface area contributed by atoms with Gasteiger partial charge < -0.3 is 10.3 Å². The van der Waals surface area contributed by atoms with Gasteiger partial charge in [0.25, 0.3) is 0 Å². The van der Waals surface area contributed by atoms with Gasteiger partial charge in [0.1, 0.15) is 10.5 Å². The van der Waals surface area contributed by atoms with Gasteiger partial charge in [-0.15, -0.1) is 0 Å². The number of hydrogen-bond acceptors (Lipinski definition) is 5. The Morgan fingerprint density at radius 1 is 1.32 bits per heavy atom. The Bertz CT molecular complexity index is 723. The molecular formula is C11H12N4O2S2. The number of aromatic nitrogens is 2. The lowest BCUT2D eigenvalue weighted by atomic mass is 10.2. The van der Waals surface area contributed by atoms with E-state index in [1.54, 1.807) is 18.2 Å². The number of nitrogens with two attached hydrogens (primary N) is 1. The maximum Gasteiger partial charge on any atom is 0.238 e. The molecule has 1 aromatic heterocycles. The summed E-state index contributed by atoms with van der Waals surface area (Å²) in [5, 5.41) is 8.14. The molecule has 1 heterocycles. The van der Waals surface area contributed by atoms with Crippen molar-refractivity contribution in [3.05, 3.63) is 46.9 Å². The Labute approximate surface area is 115 Å². The molecule has 2 rings (SSSR count). The number of primary sulfonamides is 1. The molecule has 4 N–H and O–H groups in total. The van der Waals surface area contributed by atoms with Gasteiger partial charge in [0.2, 0.25) is 10.0 Å². The SMILES string of the molecule is NS(=O)(=O)c1ccc(CNc2cc(=S)nc[nH]2)cc1. The first-order valence-electron chi connectivity index (χ1n) is 5.35. The van der Waals surface area contributed by atoms with Gasteiger partial charge in [0.15, 0.2) is 0 Å². The maximum atomic E-state index is 11.1. The Balaban J connectivity index is 2.07. The molecule has 0 fully saturated rings. The van der Waals surface area contributed by atoms with Gasteiger partial charge in [-0.05, 0) is 17.7 Å². The molecule has 0 aliphatic carbocycles. The quantitative estimate of drug-likeness (QED) is 0.740. The fraction of sp³-hybridized carbons (Fsp3) is 0.0909. The molecular weight excluding hydrogens is 284 g/mol. The van der Waals surface area contributed by atoms with E-state index >= 15 is 0 Å². The molecule has 0 saturated heterocycles. The number of benzene rings is 1. The van der Waals surface area contributed by atoms with Crippen LogP contribution in [0.3, 0.4) is 0 Å². The van der Waals surface area contributed by atoms with E-state index in [-0.39, 0.29) is 4.90 Å². The first-order chi connectivity index (χ1) is 8.95. The second-order valence-corrected chi connectivity index (χ2v) is 5.82. The topological polar surface area (TPSA) is 101 Å². The molecule has 0 atom stereocenters. The summed E-state index contributed by atoms with van der Waals surface area (Å²) in [5.74, 6) is 0.746. The number of H-pyrrole nitrogens is 1. The maximum absolute atomic E-state index is 11.1. The van der Waals surface area contributed by atoms with Gasteiger partial charge in [-0.1, -0.05) is 24.4 Å². The van der Waals surface area contributed by atoms with E-state index in [1.807, 2.05) is 0 Å². The van der Waals surface area contributed by atoms with Gasteiger partial charge >= 0.3 is 0 Å². The average molecular weight is 296 g/mol. The van der Waals surface area contributed by atoms with Crippen molar-refractivity contribution in [2.24, 2.45) is 5.14 Å². The Kier molecular flexibility index (Phi) is 3.93. The third-order valence-corrected chi connectivity index (χ3v) is 3.57. The predicted molar refractivity (Wildman–Crippen MR) is 74.6 cm³/mol. The predicted octanol–water partition coefficient (Wildman–Crippen LogP) is 1.40. The lowest BCUT2D eigenvalue weighted by molar-refractivity contribution is 0.598. The van der Waals surface area contributed by atoms with Crippen LogP contribution in [0, 0.1) is 4.64 Å². The second kappa shape index (κ2) is 5.47. The van der Waals surface area contributed by atoms with Crippen molar-refractivity contribution in [1.29, 1.82) is 0 Å². The third-order valence-electron chi connectivity index (χ3n) is 2.41. The van der Waals surface area contributed by atoms with Crippen molar-refractivity contribution < 1.29 is 8.42 Å². The van der Waals surface area contributed by atoms with Crippen molar-refractivity contribution in [3.8, 4) is 0 Å². The Hall–Kier alpha value is -1.77. The van der Waals surface area contributed by atoms with Gasteiger partial charge in [-0.3, -0.25) is 0 Å². The number of nitrogens with one attached hydrogen (secondary N) is 2. The molecule has 0 amide bonds. The third kappa shape index (κ3) is 3.85. The Morgan fingerprint density at radius 3 is 2.58 bits per heavy atom. The molecule has 0 radical (unpaired) electrons. The van der Waals surface area contributed by atoms with E-state index in [4.69, 9.17) is 17.4 Å². The highest BCUT2D eigenvalue weighted by Gasteiger charge is 2.06. The molecule has 6 nitrogen and oxygen atoms in total. The van der Waals surface area contributed by atoms with E-state index in [2.05, 4.69) is 15.3 Å². The monoisotopic (exact) mass is 296 g/mol. The van der Waals surface area contributed by atoms with E-state index in [1.165, 1.54) is 18.5 Å². The molecule has 100 valence electrons. The Morgan fingerprint density at radius 2 is 2.00 bits per heavy atom. The van der Waals surface area contributed by atoms with Crippen molar-refractivity contribution in [1.82, 2.24) is 9.97 Å². The molecule has 8 heteroatoms. The highest BCUT2D eigenvalue weighted by atomic mass is 32.2. The molecule has 0 saturated carbocycles. The minimum Gasteiger partial charge on any atom is -0.367 e. The number of aromatic amines is 1. The molecule has 0 unspecified atom stereocenters. The summed E-state index contributed by atoms with van der Waals surface area (Å²) in [6.07, 6.45) is 1.51. The number of nitrogens with zero attached hydrogens (tertiary/aromatic N) is 1. The van der Waals surface area contributed by atoms with Crippen molar-refractivity contribution in [2.75, 3.05) is 5.32 Å². The first kappa shape index (κ1) is 13.7. The van der Waals surface area contributed by atoms with Crippen molar-refractivity contribution >= 4 is 28.1 Å². The molecule has 0 spiro atoms. The van der Waals surface area contributed by atoms with E-state index < -0.39 is 10.0 Å². The second-order valence-electron chi connectivity index (χ2n) is 3.84.